The molecule has 4 rings (SSSR count). The van der Waals surface area contributed by atoms with Crippen molar-refractivity contribution in [3.8, 4) is 0 Å². The number of rotatable bonds is 7. The van der Waals surface area contributed by atoms with Gasteiger partial charge in [-0.15, -0.1) is 0 Å². The summed E-state index contributed by atoms with van der Waals surface area (Å²) in [5.74, 6) is -0.212. The van der Waals surface area contributed by atoms with Crippen molar-refractivity contribution in [1.82, 2.24) is 19.5 Å². The molecular weight excluding hydrogens is 482 g/mol. The van der Waals surface area contributed by atoms with Crippen LogP contribution < -0.4 is 10.2 Å². The zero-order valence-corrected chi connectivity index (χ0v) is 20.9. The molecule has 1 aromatic heterocycles. The molecule has 1 amide bonds. The monoisotopic (exact) mass is 507 g/mol. The largest absolute Gasteiger partial charge is 0.351 e. The minimum atomic E-state index is -3.50. The second-order valence-electron chi connectivity index (χ2n) is 8.00. The van der Waals surface area contributed by atoms with E-state index in [-0.39, 0.29) is 10.8 Å². The first kappa shape index (κ1) is 23.9. The van der Waals surface area contributed by atoms with Crippen LogP contribution in [0.4, 0.5) is 5.13 Å². The summed E-state index contributed by atoms with van der Waals surface area (Å²) in [5, 5.41) is 4.65. The maximum Gasteiger partial charge on any atom is 0.251 e. The van der Waals surface area contributed by atoms with Crippen LogP contribution in [-0.2, 0) is 10.0 Å². The highest BCUT2D eigenvalue weighted by molar-refractivity contribution is 7.89. The lowest BCUT2D eigenvalue weighted by Gasteiger charge is -2.34. The van der Waals surface area contributed by atoms with Crippen LogP contribution in [0.25, 0.3) is 10.2 Å². The van der Waals surface area contributed by atoms with Gasteiger partial charge in [-0.05, 0) is 42.5 Å². The summed E-state index contributed by atoms with van der Waals surface area (Å²) in [4.78, 5) is 21.9. The number of carbonyl (C=O) groups is 1. The van der Waals surface area contributed by atoms with Gasteiger partial charge in [0.25, 0.3) is 5.91 Å². The zero-order chi connectivity index (χ0) is 23.6. The van der Waals surface area contributed by atoms with Gasteiger partial charge >= 0.3 is 0 Å². The van der Waals surface area contributed by atoms with Crippen molar-refractivity contribution in [2.24, 2.45) is 0 Å². The maximum absolute atomic E-state index is 12.4. The molecule has 1 aliphatic heterocycles. The molecule has 1 aliphatic rings. The number of sulfonamides is 1. The smallest absolute Gasteiger partial charge is 0.251 e. The zero-order valence-electron chi connectivity index (χ0n) is 18.5. The van der Waals surface area contributed by atoms with Gasteiger partial charge in [-0.3, -0.25) is 9.69 Å². The quantitative estimate of drug-likeness (QED) is 0.529. The number of carbonyl (C=O) groups excluding carboxylic acids is 1. The molecule has 2 aromatic carbocycles. The second-order valence-corrected chi connectivity index (χ2v) is 11.6. The summed E-state index contributed by atoms with van der Waals surface area (Å²) in [6.45, 7) is 4.82. The molecule has 0 atom stereocenters. The normalized spacial score (nSPS) is 15.3. The molecule has 0 unspecified atom stereocenters. The van der Waals surface area contributed by atoms with Gasteiger partial charge in [0.05, 0.1) is 15.1 Å². The molecule has 8 nitrogen and oxygen atoms in total. The first-order valence-corrected chi connectivity index (χ1v) is 13.2. The van der Waals surface area contributed by atoms with E-state index in [1.165, 1.54) is 38.4 Å². The van der Waals surface area contributed by atoms with Gasteiger partial charge in [0.15, 0.2) is 5.13 Å². The Labute approximate surface area is 202 Å². The predicted molar refractivity (Wildman–Crippen MR) is 133 cm³/mol. The van der Waals surface area contributed by atoms with Crippen molar-refractivity contribution in [2.75, 3.05) is 58.3 Å². The van der Waals surface area contributed by atoms with E-state index < -0.39 is 10.0 Å². The first-order valence-electron chi connectivity index (χ1n) is 10.6. The van der Waals surface area contributed by atoms with E-state index in [0.29, 0.717) is 12.1 Å². The molecule has 1 fully saturated rings. The number of piperazine rings is 1. The highest BCUT2D eigenvalue weighted by atomic mass is 35.5. The SMILES string of the molecule is CN(C)S(=O)(=O)c1ccc(C(=O)NCCN2CCN(c3nc4ccc(Cl)cc4s3)CC2)cc1. The van der Waals surface area contributed by atoms with Crippen LogP contribution >= 0.6 is 22.9 Å². The molecule has 0 spiro atoms. The molecule has 0 aliphatic carbocycles. The molecule has 11 heteroatoms. The van der Waals surface area contributed by atoms with Crippen molar-refractivity contribution < 1.29 is 13.2 Å². The van der Waals surface area contributed by atoms with Gasteiger partial charge in [-0.25, -0.2) is 17.7 Å². The van der Waals surface area contributed by atoms with Gasteiger partial charge in [0, 0.05) is 63.9 Å². The number of fused-ring (bicyclic) bond motifs is 1. The van der Waals surface area contributed by atoms with Crippen LogP contribution in [-0.4, -0.2) is 81.9 Å². The Morgan fingerprint density at radius 1 is 1.12 bits per heavy atom. The third-order valence-electron chi connectivity index (χ3n) is 5.59. The fourth-order valence-electron chi connectivity index (χ4n) is 3.60. The second kappa shape index (κ2) is 9.94. The Kier molecular flexibility index (Phi) is 7.20. The average Bonchev–Trinajstić information content (AvgIpc) is 3.22. The summed E-state index contributed by atoms with van der Waals surface area (Å²) in [7, 11) is -0.550. The lowest BCUT2D eigenvalue weighted by Crippen LogP contribution is -2.48. The Bertz CT molecular complexity index is 1240. The summed E-state index contributed by atoms with van der Waals surface area (Å²) in [5.41, 5.74) is 1.41. The lowest BCUT2D eigenvalue weighted by molar-refractivity contribution is 0.0947. The van der Waals surface area contributed by atoms with Crippen molar-refractivity contribution in [3.05, 3.63) is 53.1 Å². The number of thiazole rings is 1. The van der Waals surface area contributed by atoms with E-state index in [0.717, 1.165) is 57.4 Å². The summed E-state index contributed by atoms with van der Waals surface area (Å²) in [6.07, 6.45) is 0. The van der Waals surface area contributed by atoms with Crippen LogP contribution in [0.5, 0.6) is 0 Å². The molecule has 33 heavy (non-hydrogen) atoms. The molecule has 0 radical (unpaired) electrons. The Morgan fingerprint density at radius 2 is 1.82 bits per heavy atom. The van der Waals surface area contributed by atoms with Crippen molar-refractivity contribution in [1.29, 1.82) is 0 Å². The van der Waals surface area contributed by atoms with Crippen LogP contribution in [0.3, 0.4) is 0 Å². The summed E-state index contributed by atoms with van der Waals surface area (Å²) in [6, 6.07) is 11.8. The number of anilines is 1. The van der Waals surface area contributed by atoms with E-state index in [9.17, 15) is 13.2 Å². The Hall–Kier alpha value is -2.24. The molecule has 1 saturated heterocycles. The van der Waals surface area contributed by atoms with Crippen molar-refractivity contribution >= 4 is 54.2 Å². The fourth-order valence-corrected chi connectivity index (χ4v) is 5.80. The Morgan fingerprint density at radius 3 is 2.48 bits per heavy atom. The predicted octanol–water partition coefficient (Wildman–Crippen LogP) is 2.75. The standard InChI is InChI=1S/C22H26ClN5O3S2/c1-26(2)33(30,31)18-6-3-16(4-7-18)21(29)24-9-10-27-11-13-28(14-12-27)22-25-19-8-5-17(23)15-20(19)32-22/h3-8,15H,9-14H2,1-2H3,(H,24,29). The Balaban J connectivity index is 1.24. The molecule has 2 heterocycles. The van der Waals surface area contributed by atoms with E-state index >= 15 is 0 Å². The number of hydrogen-bond donors (Lipinski definition) is 1. The van der Waals surface area contributed by atoms with Crippen LogP contribution in [0, 0.1) is 0 Å². The van der Waals surface area contributed by atoms with Crippen LogP contribution in [0.1, 0.15) is 10.4 Å². The van der Waals surface area contributed by atoms with Gasteiger partial charge in [0.1, 0.15) is 0 Å². The number of nitrogens with zero attached hydrogens (tertiary/aromatic N) is 4. The average molecular weight is 508 g/mol. The van der Waals surface area contributed by atoms with Crippen LogP contribution in [0.2, 0.25) is 5.02 Å². The van der Waals surface area contributed by atoms with Gasteiger partial charge in [-0.1, -0.05) is 22.9 Å². The number of hydrogen-bond acceptors (Lipinski definition) is 7. The van der Waals surface area contributed by atoms with Gasteiger partial charge in [0.2, 0.25) is 10.0 Å². The number of nitrogens with one attached hydrogen (secondary N) is 1. The van der Waals surface area contributed by atoms with Crippen molar-refractivity contribution in [2.45, 2.75) is 4.90 Å². The van der Waals surface area contributed by atoms with Crippen LogP contribution in [0.15, 0.2) is 47.4 Å². The summed E-state index contributed by atoms with van der Waals surface area (Å²) >= 11 is 7.74. The van der Waals surface area contributed by atoms with E-state index in [1.807, 2.05) is 18.2 Å². The summed E-state index contributed by atoms with van der Waals surface area (Å²) < 4.78 is 26.5. The molecule has 0 bridgehead atoms. The van der Waals surface area contributed by atoms with Gasteiger partial charge < -0.3 is 10.2 Å². The van der Waals surface area contributed by atoms with E-state index in [4.69, 9.17) is 16.6 Å². The number of halogens is 1. The maximum atomic E-state index is 12.4. The highest BCUT2D eigenvalue weighted by Gasteiger charge is 2.20. The minimum Gasteiger partial charge on any atom is -0.351 e. The number of aromatic nitrogens is 1. The van der Waals surface area contributed by atoms with Crippen molar-refractivity contribution in [3.63, 3.8) is 0 Å². The molecule has 176 valence electrons. The lowest BCUT2D eigenvalue weighted by atomic mass is 10.2. The van der Waals surface area contributed by atoms with E-state index in [1.54, 1.807) is 11.3 Å². The fraction of sp³-hybridized carbons (Fsp3) is 0.364. The number of benzene rings is 2. The minimum absolute atomic E-state index is 0.165. The third-order valence-corrected chi connectivity index (χ3v) is 8.73. The van der Waals surface area contributed by atoms with Gasteiger partial charge in [-0.2, -0.15) is 0 Å². The highest BCUT2D eigenvalue weighted by Crippen LogP contribution is 2.31. The first-order chi connectivity index (χ1) is 15.7. The topological polar surface area (TPSA) is 85.8 Å². The molecule has 0 saturated carbocycles. The molecular formula is C22H26ClN5O3S2. The molecule has 3 aromatic rings. The van der Waals surface area contributed by atoms with E-state index in [2.05, 4.69) is 15.1 Å². The number of amides is 1. The molecule has 1 N–H and O–H groups in total. The third kappa shape index (κ3) is 5.47.